The van der Waals surface area contributed by atoms with Crippen molar-refractivity contribution in [2.45, 2.75) is 10.3 Å². The molecule has 1 aromatic carbocycles. The Labute approximate surface area is 97.2 Å². The molecular weight excluding hydrogens is 282 g/mol. The zero-order chi connectivity index (χ0) is 11.6. The number of hydrogen-bond acceptors (Lipinski definition) is 4. The maximum atomic E-state index is 11.2. The van der Waals surface area contributed by atoms with Crippen LogP contribution in [0.25, 0.3) is 0 Å². The fourth-order valence-electron chi connectivity index (χ4n) is 1.08. The molecule has 4 nitrogen and oxygen atoms in total. The highest BCUT2D eigenvalue weighted by atomic mass is 79.9. The van der Waals surface area contributed by atoms with Crippen molar-refractivity contribution < 1.29 is 13.5 Å². The quantitative estimate of drug-likeness (QED) is 0.645. The minimum Gasteiger partial charge on any atom is -0.399 e. The second kappa shape index (κ2) is 4.51. The van der Waals surface area contributed by atoms with E-state index in [9.17, 15) is 13.5 Å². The number of nitrogens with two attached hydrogens (primary N) is 1. The Bertz CT molecular complexity index is 429. The largest absolute Gasteiger partial charge is 0.399 e. The molecule has 0 bridgehead atoms. The fourth-order valence-corrected chi connectivity index (χ4v) is 2.01. The van der Waals surface area contributed by atoms with E-state index < -0.39 is 20.1 Å². The molecule has 0 spiro atoms. The van der Waals surface area contributed by atoms with Gasteiger partial charge in [0.15, 0.2) is 9.84 Å². The minimum atomic E-state index is -3.32. The maximum absolute atomic E-state index is 11.2. The van der Waals surface area contributed by atoms with E-state index in [1.165, 1.54) is 0 Å². The van der Waals surface area contributed by atoms with Crippen LogP contribution in [0.15, 0.2) is 24.3 Å². The molecule has 1 rings (SSSR count). The summed E-state index contributed by atoms with van der Waals surface area (Å²) < 4.78 is 21.4. The molecule has 15 heavy (non-hydrogen) atoms. The van der Waals surface area contributed by atoms with Gasteiger partial charge in [0.1, 0.15) is 10.3 Å². The average Bonchev–Trinajstić information content (AvgIpc) is 2.15. The van der Waals surface area contributed by atoms with Crippen LogP contribution in [0.3, 0.4) is 0 Å². The summed E-state index contributed by atoms with van der Waals surface area (Å²) in [6.07, 6.45) is -0.0342. The Morgan fingerprint density at radius 1 is 1.33 bits per heavy atom. The molecular formula is C9H12BrNO3S. The molecule has 6 heteroatoms. The predicted molar refractivity (Wildman–Crippen MR) is 63.4 cm³/mol. The number of hydrogen-bond donors (Lipinski definition) is 2. The topological polar surface area (TPSA) is 80.4 Å². The number of nitrogen functional groups attached to an aromatic ring is 1. The van der Waals surface area contributed by atoms with Gasteiger partial charge in [-0.1, -0.05) is 28.1 Å². The molecule has 2 atom stereocenters. The van der Waals surface area contributed by atoms with E-state index in [2.05, 4.69) is 15.9 Å². The number of benzene rings is 1. The third-order valence-electron chi connectivity index (χ3n) is 1.94. The number of halogens is 1. The zero-order valence-corrected chi connectivity index (χ0v) is 10.5. The van der Waals surface area contributed by atoms with E-state index >= 15 is 0 Å². The van der Waals surface area contributed by atoms with Crippen LogP contribution in [0, 0.1) is 0 Å². The van der Waals surface area contributed by atoms with Crippen LogP contribution in [-0.2, 0) is 9.84 Å². The van der Waals surface area contributed by atoms with Crippen molar-refractivity contribution in [2.75, 3.05) is 12.0 Å². The molecule has 84 valence electrons. The molecule has 0 unspecified atom stereocenters. The molecule has 0 radical (unpaired) electrons. The summed E-state index contributed by atoms with van der Waals surface area (Å²) in [6, 6.07) is 6.42. The van der Waals surface area contributed by atoms with Crippen molar-refractivity contribution >= 4 is 31.5 Å². The standard InChI is InChI=1S/C9H12BrNO3S/c1-15(13,14)9(10)8(12)6-2-4-7(11)5-3-6/h2-5,8-9,12H,11H2,1H3/t8-,9-/m0/s1. The summed E-state index contributed by atoms with van der Waals surface area (Å²) in [5, 5.41) is 9.75. The fraction of sp³-hybridized carbons (Fsp3) is 0.333. The second-order valence-corrected chi connectivity index (χ2v) is 7.05. The van der Waals surface area contributed by atoms with Gasteiger partial charge >= 0.3 is 0 Å². The lowest BCUT2D eigenvalue weighted by Gasteiger charge is -2.15. The minimum absolute atomic E-state index is 0.511. The highest BCUT2D eigenvalue weighted by Crippen LogP contribution is 2.26. The Balaban J connectivity index is 2.95. The van der Waals surface area contributed by atoms with Crippen molar-refractivity contribution in [3.8, 4) is 0 Å². The number of anilines is 1. The van der Waals surface area contributed by atoms with E-state index in [0.717, 1.165) is 6.26 Å². The summed E-state index contributed by atoms with van der Waals surface area (Å²) in [5.41, 5.74) is 6.55. The van der Waals surface area contributed by atoms with Gasteiger partial charge in [0.2, 0.25) is 0 Å². The van der Waals surface area contributed by atoms with Gasteiger partial charge in [-0.2, -0.15) is 0 Å². The maximum Gasteiger partial charge on any atom is 0.163 e. The Kier molecular flexibility index (Phi) is 3.75. The van der Waals surface area contributed by atoms with Gasteiger partial charge in [0.25, 0.3) is 0 Å². The Morgan fingerprint density at radius 3 is 2.20 bits per heavy atom. The van der Waals surface area contributed by atoms with Crippen LogP contribution in [0.4, 0.5) is 5.69 Å². The molecule has 0 aliphatic rings. The first kappa shape index (κ1) is 12.5. The van der Waals surface area contributed by atoms with Crippen LogP contribution in [0.1, 0.15) is 11.7 Å². The van der Waals surface area contributed by atoms with Crippen LogP contribution in [0.5, 0.6) is 0 Å². The first-order chi connectivity index (χ1) is 6.82. The third-order valence-corrected chi connectivity index (χ3v) is 5.55. The molecule has 0 amide bonds. The summed E-state index contributed by atoms with van der Waals surface area (Å²) in [7, 11) is -3.32. The van der Waals surface area contributed by atoms with E-state index in [-0.39, 0.29) is 0 Å². The van der Waals surface area contributed by atoms with Gasteiger partial charge in [-0.25, -0.2) is 8.42 Å². The van der Waals surface area contributed by atoms with E-state index in [1.54, 1.807) is 24.3 Å². The van der Waals surface area contributed by atoms with Crippen molar-refractivity contribution in [3.63, 3.8) is 0 Å². The van der Waals surface area contributed by atoms with Gasteiger partial charge in [0.05, 0.1) is 0 Å². The Hall–Kier alpha value is -0.590. The van der Waals surface area contributed by atoms with Crippen molar-refractivity contribution in [2.24, 2.45) is 0 Å². The highest BCUT2D eigenvalue weighted by molar-refractivity contribution is 9.11. The van der Waals surface area contributed by atoms with Crippen LogP contribution in [0.2, 0.25) is 0 Å². The third kappa shape index (κ3) is 3.19. The number of sulfone groups is 1. The number of alkyl halides is 1. The van der Waals surface area contributed by atoms with Crippen molar-refractivity contribution in [1.82, 2.24) is 0 Å². The van der Waals surface area contributed by atoms with Gasteiger partial charge in [0, 0.05) is 11.9 Å². The number of aliphatic hydroxyl groups is 1. The zero-order valence-electron chi connectivity index (χ0n) is 8.09. The lowest BCUT2D eigenvalue weighted by molar-refractivity contribution is 0.195. The smallest absolute Gasteiger partial charge is 0.163 e. The second-order valence-electron chi connectivity index (χ2n) is 3.29. The molecule has 0 heterocycles. The van der Waals surface area contributed by atoms with Gasteiger partial charge in [-0.15, -0.1) is 0 Å². The average molecular weight is 294 g/mol. The molecule has 0 saturated heterocycles. The monoisotopic (exact) mass is 293 g/mol. The lowest BCUT2D eigenvalue weighted by Crippen LogP contribution is -2.21. The first-order valence-corrected chi connectivity index (χ1v) is 7.06. The summed E-state index contributed by atoms with van der Waals surface area (Å²) in [5.74, 6) is 0. The van der Waals surface area contributed by atoms with Crippen LogP contribution < -0.4 is 5.73 Å². The summed E-state index contributed by atoms with van der Waals surface area (Å²) in [6.45, 7) is 0. The van der Waals surface area contributed by atoms with Gasteiger partial charge in [-0.05, 0) is 17.7 Å². The van der Waals surface area contributed by atoms with E-state index in [1.807, 2.05) is 0 Å². The van der Waals surface area contributed by atoms with Crippen LogP contribution >= 0.6 is 15.9 Å². The summed E-state index contributed by atoms with van der Waals surface area (Å²) in [4.78, 5) is 0. The molecule has 0 aromatic heterocycles. The summed E-state index contributed by atoms with van der Waals surface area (Å²) >= 11 is 2.95. The van der Waals surface area contributed by atoms with Gasteiger partial charge in [-0.3, -0.25) is 0 Å². The van der Waals surface area contributed by atoms with E-state index in [0.29, 0.717) is 11.3 Å². The van der Waals surface area contributed by atoms with E-state index in [4.69, 9.17) is 5.73 Å². The van der Waals surface area contributed by atoms with Gasteiger partial charge < -0.3 is 10.8 Å². The normalized spacial score (nSPS) is 15.9. The molecule has 0 aliphatic heterocycles. The molecule has 3 N–H and O–H groups in total. The van der Waals surface area contributed by atoms with Crippen molar-refractivity contribution in [3.05, 3.63) is 29.8 Å². The SMILES string of the molecule is CS(=O)(=O)[C@H](Br)[C@@H](O)c1ccc(N)cc1. The molecule has 0 aliphatic carbocycles. The number of aliphatic hydroxyl groups excluding tert-OH is 1. The molecule has 0 fully saturated rings. The lowest BCUT2D eigenvalue weighted by atomic mass is 10.1. The first-order valence-electron chi connectivity index (χ1n) is 4.19. The predicted octanol–water partition coefficient (Wildman–Crippen LogP) is 1.07. The number of rotatable bonds is 3. The molecule has 0 saturated carbocycles. The van der Waals surface area contributed by atoms with Crippen molar-refractivity contribution in [1.29, 1.82) is 0 Å². The van der Waals surface area contributed by atoms with Crippen LogP contribution in [-0.4, -0.2) is 23.9 Å². The Morgan fingerprint density at radius 2 is 1.80 bits per heavy atom. The highest BCUT2D eigenvalue weighted by Gasteiger charge is 2.26. The molecule has 1 aromatic rings.